The number of sulfonamides is 1. The van der Waals surface area contributed by atoms with Gasteiger partial charge in [-0.25, -0.2) is 17.2 Å². The van der Waals surface area contributed by atoms with Crippen molar-refractivity contribution >= 4 is 27.3 Å². The normalized spacial score (nSPS) is 12.6. The molecule has 3 aromatic rings. The molecule has 1 atom stereocenters. The van der Waals surface area contributed by atoms with E-state index in [4.69, 9.17) is 11.6 Å². The Bertz CT molecular complexity index is 1060. The van der Waals surface area contributed by atoms with Crippen LogP contribution in [0.5, 0.6) is 0 Å². The van der Waals surface area contributed by atoms with Crippen LogP contribution in [0.1, 0.15) is 18.5 Å². The van der Waals surface area contributed by atoms with E-state index in [2.05, 4.69) is 0 Å². The van der Waals surface area contributed by atoms with E-state index in [9.17, 15) is 17.2 Å². The molecule has 3 nitrogen and oxygen atoms in total. The topological polar surface area (TPSA) is 37.4 Å². The number of nitrogens with zero attached hydrogens (tertiary/aromatic N) is 1. The molecular weight excluding hydrogens is 392 g/mol. The van der Waals surface area contributed by atoms with Gasteiger partial charge >= 0.3 is 0 Å². The average Bonchev–Trinajstić information content (AvgIpc) is 2.64. The second-order valence-electron chi connectivity index (χ2n) is 5.91. The van der Waals surface area contributed by atoms with Crippen LogP contribution >= 0.6 is 11.6 Å². The largest absolute Gasteiger partial charge is 0.266 e. The molecular formula is C20H16ClF2NO2S. The SMILES string of the molecule is CC(c1ccccc1F)N(c1ccc(F)cc1)S(=O)(=O)c1ccccc1Cl. The lowest BCUT2D eigenvalue weighted by Gasteiger charge is -2.31. The molecule has 0 N–H and O–H groups in total. The molecule has 27 heavy (non-hydrogen) atoms. The van der Waals surface area contributed by atoms with E-state index in [-0.39, 0.29) is 21.2 Å². The van der Waals surface area contributed by atoms with E-state index in [1.807, 2.05) is 0 Å². The van der Waals surface area contributed by atoms with Crippen LogP contribution in [-0.2, 0) is 10.0 Å². The Labute approximate surface area is 161 Å². The van der Waals surface area contributed by atoms with E-state index in [0.717, 1.165) is 16.4 Å². The van der Waals surface area contributed by atoms with Gasteiger partial charge in [-0.1, -0.05) is 41.9 Å². The number of hydrogen-bond donors (Lipinski definition) is 0. The van der Waals surface area contributed by atoms with Crippen LogP contribution in [0.4, 0.5) is 14.5 Å². The molecule has 3 aromatic carbocycles. The molecule has 3 rings (SSSR count). The highest BCUT2D eigenvalue weighted by atomic mass is 35.5. The summed E-state index contributed by atoms with van der Waals surface area (Å²) in [4.78, 5) is -0.112. The number of rotatable bonds is 5. The molecule has 0 spiro atoms. The third-order valence-electron chi connectivity index (χ3n) is 4.16. The van der Waals surface area contributed by atoms with Crippen molar-refractivity contribution in [1.29, 1.82) is 0 Å². The Hall–Kier alpha value is -2.44. The molecule has 0 amide bonds. The quantitative estimate of drug-likeness (QED) is 0.554. The summed E-state index contributed by atoms with van der Waals surface area (Å²) in [6.07, 6.45) is 0. The summed E-state index contributed by atoms with van der Waals surface area (Å²) in [5.74, 6) is -1.04. The van der Waals surface area contributed by atoms with Gasteiger partial charge in [-0.3, -0.25) is 4.31 Å². The van der Waals surface area contributed by atoms with Gasteiger partial charge in [0.1, 0.15) is 16.5 Å². The highest BCUT2D eigenvalue weighted by Gasteiger charge is 2.32. The van der Waals surface area contributed by atoms with Crippen LogP contribution in [0.2, 0.25) is 5.02 Å². The molecule has 0 saturated carbocycles. The van der Waals surface area contributed by atoms with Crippen LogP contribution in [-0.4, -0.2) is 8.42 Å². The van der Waals surface area contributed by atoms with Gasteiger partial charge in [0, 0.05) is 5.56 Å². The van der Waals surface area contributed by atoms with Crippen molar-refractivity contribution in [3.63, 3.8) is 0 Å². The zero-order valence-electron chi connectivity index (χ0n) is 14.3. The summed E-state index contributed by atoms with van der Waals surface area (Å²) in [7, 11) is -4.15. The van der Waals surface area contributed by atoms with Crippen molar-refractivity contribution in [1.82, 2.24) is 0 Å². The Balaban J connectivity index is 2.21. The van der Waals surface area contributed by atoms with E-state index in [0.29, 0.717) is 0 Å². The lowest BCUT2D eigenvalue weighted by molar-refractivity contribution is 0.569. The minimum absolute atomic E-state index is 0.0466. The molecule has 0 bridgehead atoms. The summed E-state index contributed by atoms with van der Waals surface area (Å²) in [6.45, 7) is 1.57. The first kappa shape index (κ1) is 19.3. The molecule has 7 heteroatoms. The van der Waals surface area contributed by atoms with E-state index in [1.165, 1.54) is 42.5 Å². The molecule has 0 aliphatic rings. The fraction of sp³-hybridized carbons (Fsp3) is 0.100. The minimum Gasteiger partial charge on any atom is -0.259 e. The maximum absolute atomic E-state index is 14.3. The summed E-state index contributed by atoms with van der Waals surface area (Å²) in [5, 5.41) is 0.0466. The number of anilines is 1. The van der Waals surface area contributed by atoms with Crippen molar-refractivity contribution in [3.05, 3.63) is 95.0 Å². The summed E-state index contributed by atoms with van der Waals surface area (Å²) in [6, 6.07) is 16.0. The lowest BCUT2D eigenvalue weighted by Crippen LogP contribution is -2.34. The second-order valence-corrected chi connectivity index (χ2v) is 8.10. The van der Waals surface area contributed by atoms with Crippen molar-refractivity contribution < 1.29 is 17.2 Å². The molecule has 0 aliphatic carbocycles. The molecule has 0 radical (unpaired) electrons. The number of hydrogen-bond acceptors (Lipinski definition) is 2. The zero-order chi connectivity index (χ0) is 19.6. The first-order chi connectivity index (χ1) is 12.8. The summed E-state index contributed by atoms with van der Waals surface area (Å²) < 4.78 is 55.5. The van der Waals surface area contributed by atoms with Crippen molar-refractivity contribution in [2.45, 2.75) is 17.9 Å². The van der Waals surface area contributed by atoms with Gasteiger partial charge in [0.2, 0.25) is 0 Å². The standard InChI is InChI=1S/C20H16ClF2NO2S/c1-14(17-6-2-4-8-19(17)23)24(16-12-10-15(22)11-13-16)27(25,26)20-9-5-3-7-18(20)21/h2-14H,1H3. The van der Waals surface area contributed by atoms with Crippen molar-refractivity contribution in [3.8, 4) is 0 Å². The van der Waals surface area contributed by atoms with Gasteiger partial charge in [-0.15, -0.1) is 0 Å². The van der Waals surface area contributed by atoms with Crippen LogP contribution in [0.25, 0.3) is 0 Å². The van der Waals surface area contributed by atoms with Crippen LogP contribution in [0.3, 0.4) is 0 Å². The molecule has 0 fully saturated rings. The molecule has 0 aliphatic heterocycles. The van der Waals surface area contributed by atoms with Crippen LogP contribution in [0, 0.1) is 11.6 Å². The molecule has 0 heterocycles. The second kappa shape index (κ2) is 7.66. The Kier molecular flexibility index (Phi) is 5.48. The van der Waals surface area contributed by atoms with E-state index < -0.39 is 27.7 Å². The molecule has 0 saturated heterocycles. The third kappa shape index (κ3) is 3.82. The van der Waals surface area contributed by atoms with Gasteiger partial charge in [0.15, 0.2) is 0 Å². The first-order valence-corrected chi connectivity index (χ1v) is 9.93. The maximum Gasteiger partial charge on any atom is 0.266 e. The summed E-state index contributed by atoms with van der Waals surface area (Å²) in [5.41, 5.74) is 0.393. The van der Waals surface area contributed by atoms with Gasteiger partial charge in [0.25, 0.3) is 10.0 Å². The number of halogens is 3. The van der Waals surface area contributed by atoms with Gasteiger partial charge < -0.3 is 0 Å². The van der Waals surface area contributed by atoms with Crippen molar-refractivity contribution in [2.24, 2.45) is 0 Å². The fourth-order valence-electron chi connectivity index (χ4n) is 2.86. The zero-order valence-corrected chi connectivity index (χ0v) is 15.9. The lowest BCUT2D eigenvalue weighted by atomic mass is 10.1. The first-order valence-electron chi connectivity index (χ1n) is 8.11. The van der Waals surface area contributed by atoms with Gasteiger partial charge in [-0.2, -0.15) is 0 Å². The molecule has 140 valence electrons. The minimum atomic E-state index is -4.15. The van der Waals surface area contributed by atoms with Gasteiger partial charge in [-0.05, 0) is 49.4 Å². The fourth-order valence-corrected chi connectivity index (χ4v) is 4.99. The maximum atomic E-state index is 14.3. The number of benzene rings is 3. The highest BCUT2D eigenvalue weighted by molar-refractivity contribution is 7.93. The molecule has 0 aromatic heterocycles. The predicted octanol–water partition coefficient (Wildman–Crippen LogP) is 5.57. The smallest absolute Gasteiger partial charge is 0.259 e. The van der Waals surface area contributed by atoms with Crippen LogP contribution in [0.15, 0.2) is 77.7 Å². The Morgan fingerprint density at radius 2 is 1.48 bits per heavy atom. The van der Waals surface area contributed by atoms with E-state index >= 15 is 0 Å². The van der Waals surface area contributed by atoms with E-state index in [1.54, 1.807) is 25.1 Å². The summed E-state index contributed by atoms with van der Waals surface area (Å²) >= 11 is 6.11. The Morgan fingerprint density at radius 1 is 0.889 bits per heavy atom. The average molecular weight is 408 g/mol. The third-order valence-corrected chi connectivity index (χ3v) is 6.56. The van der Waals surface area contributed by atoms with Crippen molar-refractivity contribution in [2.75, 3.05) is 4.31 Å². The van der Waals surface area contributed by atoms with Crippen LogP contribution < -0.4 is 4.31 Å². The molecule has 1 unspecified atom stereocenters. The Morgan fingerprint density at radius 3 is 2.11 bits per heavy atom. The monoisotopic (exact) mass is 407 g/mol. The van der Waals surface area contributed by atoms with Gasteiger partial charge in [0.05, 0.1) is 16.8 Å². The highest BCUT2D eigenvalue weighted by Crippen LogP contribution is 2.36. The predicted molar refractivity (Wildman–Crippen MR) is 102 cm³/mol.